The Morgan fingerprint density at radius 3 is 2.50 bits per heavy atom. The first-order valence-electron chi connectivity index (χ1n) is 11.7. The predicted molar refractivity (Wildman–Crippen MR) is 146 cm³/mol. The molecule has 0 saturated carbocycles. The lowest BCUT2D eigenvalue weighted by Crippen LogP contribution is -2.31. The molecule has 1 atom stereocenters. The molecule has 6 rings (SSSR count). The second kappa shape index (κ2) is 8.97. The van der Waals surface area contributed by atoms with Gasteiger partial charge in [0.2, 0.25) is 5.78 Å². The van der Waals surface area contributed by atoms with Gasteiger partial charge in [0, 0.05) is 56.9 Å². The second-order valence-electron chi connectivity index (χ2n) is 9.00. The molecule has 1 aliphatic heterocycles. The van der Waals surface area contributed by atoms with E-state index in [0.29, 0.717) is 38.0 Å². The third kappa shape index (κ3) is 3.66. The molecule has 3 aromatic carbocycles. The fourth-order valence-corrected chi connectivity index (χ4v) is 5.42. The van der Waals surface area contributed by atoms with Crippen molar-refractivity contribution in [2.75, 3.05) is 12.0 Å². The molecular weight excluding hydrogens is 527 g/mol. The first-order chi connectivity index (χ1) is 18.3. The number of fused-ring (bicyclic) bond motifs is 2. The zero-order valence-corrected chi connectivity index (χ0v) is 21.7. The zero-order chi connectivity index (χ0) is 26.7. The molecule has 9 heteroatoms. The van der Waals surface area contributed by atoms with Crippen molar-refractivity contribution >= 4 is 62.5 Å². The molecule has 38 heavy (non-hydrogen) atoms. The quantitative estimate of drug-likeness (QED) is 0.239. The van der Waals surface area contributed by atoms with E-state index in [2.05, 4.69) is 0 Å². The number of ketones is 1. The molecule has 2 aromatic heterocycles. The van der Waals surface area contributed by atoms with E-state index in [9.17, 15) is 14.7 Å². The van der Waals surface area contributed by atoms with Crippen molar-refractivity contribution in [2.45, 2.75) is 6.04 Å². The molecule has 5 aromatic rings. The summed E-state index contributed by atoms with van der Waals surface area (Å²) in [7, 11) is 3.36. The molecule has 0 radical (unpaired) electrons. The fourth-order valence-electron chi connectivity index (χ4n) is 5.07. The Hall–Kier alpha value is -4.20. The standard InChI is InChI=1S/C29H20Cl2N2O5/c1-32-14-20(19-5-3-4-6-21(19)32)25-24(27(35)29(36)33(25)18-9-7-16(30)8-10-18)26(34)22-12-15-11-17(31)13-23(37-2)28(15)38-22/h3-14,25,35H,1-2H3. The maximum Gasteiger partial charge on any atom is 0.294 e. The molecule has 1 aliphatic rings. The fraction of sp³-hybridized carbons (Fsp3) is 0.103. The monoisotopic (exact) mass is 546 g/mol. The minimum Gasteiger partial charge on any atom is -0.503 e. The number of aliphatic hydroxyl groups excluding tert-OH is 1. The first kappa shape index (κ1) is 24.2. The van der Waals surface area contributed by atoms with Crippen molar-refractivity contribution in [1.29, 1.82) is 0 Å². The summed E-state index contributed by atoms with van der Waals surface area (Å²) in [6.45, 7) is 0. The number of aliphatic hydroxyl groups is 1. The number of aryl methyl sites for hydroxylation is 1. The summed E-state index contributed by atoms with van der Waals surface area (Å²) >= 11 is 12.3. The maximum atomic E-state index is 14.0. The van der Waals surface area contributed by atoms with Crippen molar-refractivity contribution in [1.82, 2.24) is 4.57 Å². The molecule has 0 saturated heterocycles. The summed E-state index contributed by atoms with van der Waals surface area (Å²) in [5, 5.41) is 13.4. The highest BCUT2D eigenvalue weighted by Gasteiger charge is 2.46. The van der Waals surface area contributed by atoms with Crippen LogP contribution in [0.5, 0.6) is 5.75 Å². The van der Waals surface area contributed by atoms with E-state index in [-0.39, 0.29) is 11.3 Å². The summed E-state index contributed by atoms with van der Waals surface area (Å²) in [4.78, 5) is 29.0. The number of Topliss-reactive ketones (excluding diaryl/α,β-unsaturated/α-hetero) is 1. The van der Waals surface area contributed by atoms with E-state index in [1.807, 2.05) is 42.1 Å². The number of rotatable bonds is 5. The number of hydrogen-bond donors (Lipinski definition) is 1. The minimum absolute atomic E-state index is 0.0573. The molecule has 190 valence electrons. The Morgan fingerprint density at radius 1 is 1.03 bits per heavy atom. The highest BCUT2D eigenvalue weighted by molar-refractivity contribution is 6.32. The van der Waals surface area contributed by atoms with E-state index >= 15 is 0 Å². The number of anilines is 1. The highest BCUT2D eigenvalue weighted by Crippen LogP contribution is 2.45. The summed E-state index contributed by atoms with van der Waals surface area (Å²) < 4.78 is 13.2. The number of benzene rings is 3. The molecule has 0 fully saturated rings. The van der Waals surface area contributed by atoms with E-state index in [4.69, 9.17) is 32.4 Å². The van der Waals surface area contributed by atoms with Crippen LogP contribution in [0.3, 0.4) is 0 Å². The smallest absolute Gasteiger partial charge is 0.294 e. The number of carbonyl (C=O) groups excluding carboxylic acids is 2. The highest BCUT2D eigenvalue weighted by atomic mass is 35.5. The topological polar surface area (TPSA) is 84.9 Å². The van der Waals surface area contributed by atoms with Gasteiger partial charge in [-0.3, -0.25) is 14.5 Å². The number of para-hydroxylation sites is 1. The number of aromatic nitrogens is 1. The Bertz CT molecular complexity index is 1800. The summed E-state index contributed by atoms with van der Waals surface area (Å²) in [6.07, 6.45) is 1.86. The molecule has 1 amide bonds. The number of carbonyl (C=O) groups is 2. The van der Waals surface area contributed by atoms with Gasteiger partial charge in [0.05, 0.1) is 18.7 Å². The number of methoxy groups -OCH3 is 1. The average Bonchev–Trinajstić information content (AvgIpc) is 3.56. The van der Waals surface area contributed by atoms with E-state index < -0.39 is 23.5 Å². The molecule has 7 nitrogen and oxygen atoms in total. The SMILES string of the molecule is COc1cc(Cl)cc2cc(C(=O)C3=C(O)C(=O)N(c4ccc(Cl)cc4)C3c3cn(C)c4ccccc34)oc12. The molecule has 1 unspecified atom stereocenters. The summed E-state index contributed by atoms with van der Waals surface area (Å²) in [6, 6.07) is 18.1. The number of nitrogens with zero attached hydrogens (tertiary/aromatic N) is 2. The molecule has 0 bridgehead atoms. The largest absolute Gasteiger partial charge is 0.503 e. The lowest BCUT2D eigenvalue weighted by molar-refractivity contribution is -0.117. The molecule has 1 N–H and O–H groups in total. The van der Waals surface area contributed by atoms with Crippen LogP contribution in [0.1, 0.15) is 22.2 Å². The minimum atomic E-state index is -0.930. The van der Waals surface area contributed by atoms with Crippen molar-refractivity contribution in [2.24, 2.45) is 7.05 Å². The van der Waals surface area contributed by atoms with Crippen LogP contribution in [0.2, 0.25) is 10.0 Å². The van der Waals surface area contributed by atoms with Gasteiger partial charge in [0.1, 0.15) is 0 Å². The van der Waals surface area contributed by atoms with Gasteiger partial charge in [0.25, 0.3) is 5.91 Å². The number of amides is 1. The zero-order valence-electron chi connectivity index (χ0n) is 20.2. The van der Waals surface area contributed by atoms with Crippen LogP contribution in [0, 0.1) is 0 Å². The van der Waals surface area contributed by atoms with E-state index in [1.54, 1.807) is 36.4 Å². The van der Waals surface area contributed by atoms with Crippen LogP contribution in [0.4, 0.5) is 5.69 Å². The molecule has 3 heterocycles. The van der Waals surface area contributed by atoms with Gasteiger partial charge >= 0.3 is 0 Å². The number of ether oxygens (including phenoxy) is 1. The van der Waals surface area contributed by atoms with Gasteiger partial charge in [-0.05, 0) is 42.5 Å². The van der Waals surface area contributed by atoms with Gasteiger partial charge in [-0.2, -0.15) is 0 Å². The summed E-state index contributed by atoms with van der Waals surface area (Å²) in [5.74, 6) is -1.67. The molecule has 0 spiro atoms. The van der Waals surface area contributed by atoms with Gasteiger partial charge in [-0.15, -0.1) is 0 Å². The van der Waals surface area contributed by atoms with Crippen LogP contribution >= 0.6 is 23.2 Å². The van der Waals surface area contributed by atoms with Crippen molar-refractivity contribution in [3.63, 3.8) is 0 Å². The van der Waals surface area contributed by atoms with Gasteiger partial charge < -0.3 is 18.8 Å². The van der Waals surface area contributed by atoms with Crippen molar-refractivity contribution < 1.29 is 23.8 Å². The Labute approximate surface area is 227 Å². The number of hydrogen-bond acceptors (Lipinski definition) is 5. The van der Waals surface area contributed by atoms with Gasteiger partial charge in [-0.1, -0.05) is 41.4 Å². The van der Waals surface area contributed by atoms with Crippen LogP contribution < -0.4 is 9.64 Å². The third-order valence-electron chi connectivity index (χ3n) is 6.77. The Kier molecular flexibility index (Phi) is 5.70. The van der Waals surface area contributed by atoms with Crippen LogP contribution in [-0.2, 0) is 11.8 Å². The predicted octanol–water partition coefficient (Wildman–Crippen LogP) is 7.02. The Balaban J connectivity index is 1.56. The second-order valence-corrected chi connectivity index (χ2v) is 9.87. The number of furan rings is 1. The van der Waals surface area contributed by atoms with Crippen LogP contribution in [-0.4, -0.2) is 28.5 Å². The van der Waals surface area contributed by atoms with E-state index in [1.165, 1.54) is 18.1 Å². The normalized spacial score (nSPS) is 15.7. The van der Waals surface area contributed by atoms with E-state index in [0.717, 1.165) is 10.9 Å². The van der Waals surface area contributed by atoms with Crippen LogP contribution in [0.15, 0.2) is 88.7 Å². The summed E-state index contributed by atoms with van der Waals surface area (Å²) in [5.41, 5.74) is 2.30. The van der Waals surface area contributed by atoms with Crippen LogP contribution in [0.25, 0.3) is 21.9 Å². The maximum absolute atomic E-state index is 14.0. The number of halogens is 2. The molecular formula is C29H20Cl2N2O5. The first-order valence-corrected chi connectivity index (χ1v) is 12.4. The van der Waals surface area contributed by atoms with Gasteiger partial charge in [-0.25, -0.2) is 0 Å². The van der Waals surface area contributed by atoms with Crippen molar-refractivity contribution in [3.05, 3.63) is 106 Å². The lowest BCUT2D eigenvalue weighted by atomic mass is 9.94. The third-order valence-corrected chi connectivity index (χ3v) is 7.24. The molecule has 0 aliphatic carbocycles. The van der Waals surface area contributed by atoms with Gasteiger partial charge in [0.15, 0.2) is 22.9 Å². The average molecular weight is 547 g/mol. The lowest BCUT2D eigenvalue weighted by Gasteiger charge is -2.26. The van der Waals surface area contributed by atoms with Crippen molar-refractivity contribution in [3.8, 4) is 5.75 Å². The Morgan fingerprint density at radius 2 is 1.76 bits per heavy atom.